The van der Waals surface area contributed by atoms with Gasteiger partial charge in [0.2, 0.25) is 0 Å². The number of rotatable bonds is 7. The van der Waals surface area contributed by atoms with E-state index < -0.39 is 0 Å². The zero-order valence-electron chi connectivity index (χ0n) is 11.0. The van der Waals surface area contributed by atoms with Crippen molar-refractivity contribution in [1.82, 2.24) is 9.78 Å². The van der Waals surface area contributed by atoms with Crippen molar-refractivity contribution in [3.8, 4) is 0 Å². The topological polar surface area (TPSA) is 17.8 Å². The Balaban J connectivity index is 2.72. The molecule has 1 heterocycles. The van der Waals surface area contributed by atoms with E-state index in [1.165, 1.54) is 18.5 Å². The average Bonchev–Trinajstić information content (AvgIpc) is 2.63. The zero-order chi connectivity index (χ0) is 12.8. The van der Waals surface area contributed by atoms with Crippen LogP contribution in [0.3, 0.4) is 0 Å². The van der Waals surface area contributed by atoms with E-state index in [0.29, 0.717) is 4.83 Å². The first-order chi connectivity index (χ1) is 8.13. The van der Waals surface area contributed by atoms with Crippen molar-refractivity contribution in [3.63, 3.8) is 0 Å². The highest BCUT2D eigenvalue weighted by atomic mass is 79.9. The molecule has 0 aliphatic rings. The lowest BCUT2D eigenvalue weighted by Crippen LogP contribution is -2.06. The SMILES string of the molecule is CCCC(Br)CCc1c(Cl)c(CC)nn1CC. The standard InChI is InChI=1S/C13H22BrClN2/c1-4-7-10(14)8-9-12-13(15)11(5-2)16-17(12)6-3/h10H,4-9H2,1-3H3. The summed E-state index contributed by atoms with van der Waals surface area (Å²) in [7, 11) is 0. The number of halogens is 2. The van der Waals surface area contributed by atoms with E-state index >= 15 is 0 Å². The molecule has 0 aliphatic carbocycles. The van der Waals surface area contributed by atoms with Gasteiger partial charge in [0.15, 0.2) is 0 Å². The molecule has 98 valence electrons. The van der Waals surface area contributed by atoms with E-state index in [0.717, 1.165) is 36.5 Å². The monoisotopic (exact) mass is 320 g/mol. The van der Waals surface area contributed by atoms with E-state index in [-0.39, 0.29) is 0 Å². The molecule has 2 nitrogen and oxygen atoms in total. The molecule has 4 heteroatoms. The number of aryl methyl sites for hydroxylation is 2. The average molecular weight is 322 g/mol. The Kier molecular flexibility index (Phi) is 6.57. The molecule has 0 aliphatic heterocycles. The first-order valence-electron chi connectivity index (χ1n) is 6.52. The Labute approximate surface area is 118 Å². The van der Waals surface area contributed by atoms with Crippen LogP contribution in [0.5, 0.6) is 0 Å². The molecule has 0 spiro atoms. The highest BCUT2D eigenvalue weighted by molar-refractivity contribution is 9.09. The van der Waals surface area contributed by atoms with Gasteiger partial charge in [-0.3, -0.25) is 4.68 Å². The molecule has 0 saturated heterocycles. The van der Waals surface area contributed by atoms with Crippen molar-refractivity contribution in [2.45, 2.75) is 64.2 Å². The molecular formula is C13H22BrClN2. The molecule has 1 aromatic rings. The third kappa shape index (κ3) is 3.99. The van der Waals surface area contributed by atoms with Gasteiger partial charge in [-0.25, -0.2) is 0 Å². The van der Waals surface area contributed by atoms with Gasteiger partial charge in [0.05, 0.1) is 16.4 Å². The van der Waals surface area contributed by atoms with E-state index in [1.807, 2.05) is 4.68 Å². The van der Waals surface area contributed by atoms with E-state index in [1.54, 1.807) is 0 Å². The third-order valence-electron chi connectivity index (χ3n) is 2.99. The summed E-state index contributed by atoms with van der Waals surface area (Å²) in [6, 6.07) is 0. The molecule has 1 rings (SSSR count). The minimum Gasteiger partial charge on any atom is -0.268 e. The normalized spacial score (nSPS) is 13.0. The predicted octanol–water partition coefficient (Wildman–Crippen LogP) is 4.62. The molecule has 0 amide bonds. The molecule has 1 unspecified atom stereocenters. The van der Waals surface area contributed by atoms with Gasteiger partial charge in [-0.2, -0.15) is 5.10 Å². The Bertz CT molecular complexity index is 349. The first-order valence-corrected chi connectivity index (χ1v) is 7.81. The summed E-state index contributed by atoms with van der Waals surface area (Å²) in [6.07, 6.45) is 5.49. The largest absolute Gasteiger partial charge is 0.268 e. The molecule has 0 radical (unpaired) electrons. The fourth-order valence-electron chi connectivity index (χ4n) is 2.01. The van der Waals surface area contributed by atoms with E-state index in [4.69, 9.17) is 11.6 Å². The van der Waals surface area contributed by atoms with Crippen molar-refractivity contribution in [2.24, 2.45) is 0 Å². The van der Waals surface area contributed by atoms with Crippen LogP contribution in [-0.2, 0) is 19.4 Å². The molecule has 17 heavy (non-hydrogen) atoms. The van der Waals surface area contributed by atoms with E-state index in [2.05, 4.69) is 41.8 Å². The number of hydrogen-bond donors (Lipinski definition) is 0. The van der Waals surface area contributed by atoms with Gasteiger partial charge >= 0.3 is 0 Å². The maximum absolute atomic E-state index is 6.37. The number of hydrogen-bond acceptors (Lipinski definition) is 1. The highest BCUT2D eigenvalue weighted by Gasteiger charge is 2.15. The van der Waals surface area contributed by atoms with Crippen LogP contribution < -0.4 is 0 Å². The third-order valence-corrected chi connectivity index (χ3v) is 4.34. The Morgan fingerprint density at radius 3 is 2.53 bits per heavy atom. The fourth-order valence-corrected chi connectivity index (χ4v) is 3.06. The van der Waals surface area contributed by atoms with Gasteiger partial charge < -0.3 is 0 Å². The van der Waals surface area contributed by atoms with E-state index in [9.17, 15) is 0 Å². The molecule has 0 fully saturated rings. The summed E-state index contributed by atoms with van der Waals surface area (Å²) in [5.74, 6) is 0. The van der Waals surface area contributed by atoms with Crippen molar-refractivity contribution < 1.29 is 0 Å². The van der Waals surface area contributed by atoms with Gasteiger partial charge in [-0.15, -0.1) is 0 Å². The Morgan fingerprint density at radius 1 is 1.29 bits per heavy atom. The summed E-state index contributed by atoms with van der Waals surface area (Å²) < 4.78 is 2.05. The van der Waals surface area contributed by atoms with Crippen molar-refractivity contribution in [2.75, 3.05) is 0 Å². The molecule has 0 N–H and O–H groups in total. The number of alkyl halides is 1. The summed E-state index contributed by atoms with van der Waals surface area (Å²) >= 11 is 10.1. The van der Waals surface area contributed by atoms with Crippen LogP contribution >= 0.6 is 27.5 Å². The Hall–Kier alpha value is -0.0200. The van der Waals surface area contributed by atoms with Crippen molar-refractivity contribution in [3.05, 3.63) is 16.4 Å². The lowest BCUT2D eigenvalue weighted by molar-refractivity contribution is 0.593. The number of nitrogens with zero attached hydrogens (tertiary/aromatic N) is 2. The van der Waals surface area contributed by atoms with Gasteiger partial charge in [0.1, 0.15) is 0 Å². The minimum atomic E-state index is 0.592. The van der Waals surface area contributed by atoms with Crippen molar-refractivity contribution in [1.29, 1.82) is 0 Å². The van der Waals surface area contributed by atoms with Crippen LogP contribution in [0.2, 0.25) is 5.02 Å². The van der Waals surface area contributed by atoms with Gasteiger partial charge in [-0.05, 0) is 32.6 Å². The molecule has 0 bridgehead atoms. The van der Waals surface area contributed by atoms with Crippen LogP contribution in [0.4, 0.5) is 0 Å². The second kappa shape index (κ2) is 7.42. The lowest BCUT2D eigenvalue weighted by Gasteiger charge is -2.09. The molecule has 1 aromatic heterocycles. The summed E-state index contributed by atoms with van der Waals surface area (Å²) in [5.41, 5.74) is 2.23. The predicted molar refractivity (Wildman–Crippen MR) is 78.2 cm³/mol. The lowest BCUT2D eigenvalue weighted by atomic mass is 10.1. The maximum atomic E-state index is 6.37. The zero-order valence-corrected chi connectivity index (χ0v) is 13.3. The van der Waals surface area contributed by atoms with Crippen LogP contribution in [0.15, 0.2) is 0 Å². The summed E-state index contributed by atoms with van der Waals surface area (Å²) in [5, 5.41) is 5.42. The molecule has 0 saturated carbocycles. The van der Waals surface area contributed by atoms with Gasteiger partial charge in [0.25, 0.3) is 0 Å². The quantitative estimate of drug-likeness (QED) is 0.670. The first kappa shape index (κ1) is 15.0. The Morgan fingerprint density at radius 2 is 2.00 bits per heavy atom. The molecular weight excluding hydrogens is 300 g/mol. The van der Waals surface area contributed by atoms with Crippen LogP contribution in [0.25, 0.3) is 0 Å². The van der Waals surface area contributed by atoms with Gasteiger partial charge in [0, 0.05) is 11.4 Å². The minimum absolute atomic E-state index is 0.592. The second-order valence-corrected chi connectivity index (χ2v) is 5.97. The van der Waals surface area contributed by atoms with Crippen LogP contribution in [-0.4, -0.2) is 14.6 Å². The second-order valence-electron chi connectivity index (χ2n) is 4.30. The van der Waals surface area contributed by atoms with Gasteiger partial charge in [-0.1, -0.05) is 47.8 Å². The van der Waals surface area contributed by atoms with Crippen molar-refractivity contribution >= 4 is 27.5 Å². The smallest absolute Gasteiger partial charge is 0.0849 e. The highest BCUT2D eigenvalue weighted by Crippen LogP contribution is 2.25. The fraction of sp³-hybridized carbons (Fsp3) is 0.769. The van der Waals surface area contributed by atoms with Crippen LogP contribution in [0, 0.1) is 0 Å². The molecule has 0 aromatic carbocycles. The summed E-state index contributed by atoms with van der Waals surface area (Å²) in [4.78, 5) is 0.592. The summed E-state index contributed by atoms with van der Waals surface area (Å²) in [6.45, 7) is 7.33. The van der Waals surface area contributed by atoms with Crippen LogP contribution in [0.1, 0.15) is 51.4 Å². The molecule has 1 atom stereocenters. The number of aromatic nitrogens is 2. The maximum Gasteiger partial charge on any atom is 0.0849 e.